The molecule has 1 heterocycles. The van der Waals surface area contributed by atoms with Crippen LogP contribution in [0, 0.1) is 0 Å². The molecule has 110 valence electrons. The molecular formula is C16H24N2O2. The number of anilines is 1. The second kappa shape index (κ2) is 7.90. The fraction of sp³-hybridized carbons (Fsp3) is 0.562. The van der Waals surface area contributed by atoms with Gasteiger partial charge < -0.3 is 15.4 Å². The minimum absolute atomic E-state index is 0.0325. The Hall–Kier alpha value is -1.55. The number of methoxy groups -OCH3 is 1. The van der Waals surface area contributed by atoms with Crippen LogP contribution in [0.4, 0.5) is 5.69 Å². The highest BCUT2D eigenvalue weighted by atomic mass is 16.5. The number of carbonyl (C=O) groups is 1. The molecule has 0 atom stereocenters. The molecule has 4 nitrogen and oxygen atoms in total. The van der Waals surface area contributed by atoms with Crippen molar-refractivity contribution in [3.8, 4) is 0 Å². The summed E-state index contributed by atoms with van der Waals surface area (Å²) >= 11 is 0. The third kappa shape index (κ3) is 4.23. The highest BCUT2D eigenvalue weighted by Crippen LogP contribution is 2.22. The van der Waals surface area contributed by atoms with Crippen LogP contribution in [-0.4, -0.2) is 32.7 Å². The van der Waals surface area contributed by atoms with Crippen LogP contribution in [0.25, 0.3) is 0 Å². The van der Waals surface area contributed by atoms with Gasteiger partial charge in [-0.25, -0.2) is 0 Å². The first-order chi connectivity index (χ1) is 9.81. The maximum absolute atomic E-state index is 12.1. The van der Waals surface area contributed by atoms with E-state index in [0.29, 0.717) is 0 Å². The molecule has 0 aliphatic carbocycles. The molecule has 0 bridgehead atoms. The lowest BCUT2D eigenvalue weighted by Crippen LogP contribution is -2.25. The number of unbranched alkanes of at least 4 members (excludes halogenated alkanes) is 2. The number of rotatable bonds is 7. The molecule has 1 aromatic rings. The molecule has 1 aliphatic heterocycles. The number of carbonyl (C=O) groups excluding carboxylic acids is 1. The Balaban J connectivity index is 1.77. The quantitative estimate of drug-likeness (QED) is 0.753. The Labute approximate surface area is 120 Å². The van der Waals surface area contributed by atoms with Gasteiger partial charge in [-0.2, -0.15) is 0 Å². The lowest BCUT2D eigenvalue weighted by atomic mass is 10.0. The number of nitrogens with one attached hydrogen (secondary N) is 2. The molecule has 1 aromatic carbocycles. The Morgan fingerprint density at radius 3 is 3.10 bits per heavy atom. The van der Waals surface area contributed by atoms with Gasteiger partial charge in [-0.1, -0.05) is 0 Å². The Morgan fingerprint density at radius 1 is 1.35 bits per heavy atom. The van der Waals surface area contributed by atoms with Gasteiger partial charge >= 0.3 is 0 Å². The molecule has 0 spiro atoms. The second-order valence-electron chi connectivity index (χ2n) is 5.21. The minimum atomic E-state index is 0.0325. The number of ether oxygens (including phenoxy) is 1. The summed E-state index contributed by atoms with van der Waals surface area (Å²) in [5, 5.41) is 6.34. The van der Waals surface area contributed by atoms with E-state index in [0.717, 1.165) is 57.4 Å². The van der Waals surface area contributed by atoms with E-state index in [4.69, 9.17) is 4.74 Å². The van der Waals surface area contributed by atoms with Gasteiger partial charge in [0.15, 0.2) is 0 Å². The molecular weight excluding hydrogens is 252 g/mol. The average molecular weight is 276 g/mol. The van der Waals surface area contributed by atoms with E-state index in [1.54, 1.807) is 7.11 Å². The largest absolute Gasteiger partial charge is 0.385 e. The van der Waals surface area contributed by atoms with Crippen molar-refractivity contribution in [3.63, 3.8) is 0 Å². The van der Waals surface area contributed by atoms with Crippen molar-refractivity contribution in [2.45, 2.75) is 32.1 Å². The molecule has 20 heavy (non-hydrogen) atoms. The van der Waals surface area contributed by atoms with Crippen LogP contribution in [0.5, 0.6) is 0 Å². The molecule has 0 saturated carbocycles. The van der Waals surface area contributed by atoms with E-state index in [2.05, 4.69) is 10.6 Å². The van der Waals surface area contributed by atoms with Crippen molar-refractivity contribution in [2.24, 2.45) is 0 Å². The molecule has 1 amide bonds. The first-order valence-corrected chi connectivity index (χ1v) is 7.45. The monoisotopic (exact) mass is 276 g/mol. The van der Waals surface area contributed by atoms with Gasteiger partial charge in [-0.05, 0) is 55.9 Å². The van der Waals surface area contributed by atoms with Gasteiger partial charge in [-0.15, -0.1) is 0 Å². The maximum atomic E-state index is 12.1. The van der Waals surface area contributed by atoms with Crippen LogP contribution in [-0.2, 0) is 11.2 Å². The molecule has 0 saturated heterocycles. The topological polar surface area (TPSA) is 50.4 Å². The minimum Gasteiger partial charge on any atom is -0.385 e. The van der Waals surface area contributed by atoms with Gasteiger partial charge in [0.05, 0.1) is 0 Å². The maximum Gasteiger partial charge on any atom is 0.251 e. The second-order valence-corrected chi connectivity index (χ2v) is 5.21. The molecule has 0 aromatic heterocycles. The number of fused-ring (bicyclic) bond motifs is 1. The molecule has 2 N–H and O–H groups in total. The molecule has 0 radical (unpaired) electrons. The lowest BCUT2D eigenvalue weighted by molar-refractivity contribution is 0.0952. The Kier molecular flexibility index (Phi) is 5.87. The van der Waals surface area contributed by atoms with Crippen LogP contribution in [0.15, 0.2) is 18.2 Å². The number of amides is 1. The molecule has 0 fully saturated rings. The number of hydrogen-bond donors (Lipinski definition) is 2. The lowest BCUT2D eigenvalue weighted by Gasteiger charge is -2.18. The van der Waals surface area contributed by atoms with Gasteiger partial charge in [0.2, 0.25) is 0 Å². The van der Waals surface area contributed by atoms with Crippen molar-refractivity contribution < 1.29 is 9.53 Å². The van der Waals surface area contributed by atoms with E-state index in [1.165, 1.54) is 11.3 Å². The first kappa shape index (κ1) is 14.9. The first-order valence-electron chi connectivity index (χ1n) is 7.45. The highest BCUT2D eigenvalue weighted by molar-refractivity contribution is 5.94. The average Bonchev–Trinajstić information content (AvgIpc) is 2.50. The fourth-order valence-electron chi connectivity index (χ4n) is 2.47. The molecule has 1 aliphatic rings. The predicted molar refractivity (Wildman–Crippen MR) is 81.3 cm³/mol. The van der Waals surface area contributed by atoms with Crippen molar-refractivity contribution in [1.29, 1.82) is 0 Å². The van der Waals surface area contributed by atoms with Crippen molar-refractivity contribution >= 4 is 11.6 Å². The third-order valence-corrected chi connectivity index (χ3v) is 3.62. The standard InChI is InChI=1S/C16H24N2O2/c1-20-11-4-2-3-9-18-16(19)14-7-8-15-13(12-14)6-5-10-17-15/h7-8,12,17H,2-6,9-11H2,1H3,(H,18,19). The summed E-state index contributed by atoms with van der Waals surface area (Å²) in [6.07, 6.45) is 5.33. The fourth-order valence-corrected chi connectivity index (χ4v) is 2.47. The van der Waals surface area contributed by atoms with Crippen LogP contribution >= 0.6 is 0 Å². The smallest absolute Gasteiger partial charge is 0.251 e. The number of aryl methyl sites for hydroxylation is 1. The zero-order valence-electron chi connectivity index (χ0n) is 12.2. The summed E-state index contributed by atoms with van der Waals surface area (Å²) in [5.74, 6) is 0.0325. The SMILES string of the molecule is COCCCCCNC(=O)c1ccc2c(c1)CCCN2. The Morgan fingerprint density at radius 2 is 2.25 bits per heavy atom. The normalized spacial score (nSPS) is 13.4. The van der Waals surface area contributed by atoms with Crippen molar-refractivity contribution in [3.05, 3.63) is 29.3 Å². The van der Waals surface area contributed by atoms with Crippen LogP contribution in [0.3, 0.4) is 0 Å². The van der Waals surface area contributed by atoms with Crippen LogP contribution in [0.2, 0.25) is 0 Å². The summed E-state index contributed by atoms with van der Waals surface area (Å²) in [4.78, 5) is 12.1. The summed E-state index contributed by atoms with van der Waals surface area (Å²) in [6, 6.07) is 5.93. The van der Waals surface area contributed by atoms with E-state index in [1.807, 2.05) is 18.2 Å². The molecule has 0 unspecified atom stereocenters. The summed E-state index contributed by atoms with van der Waals surface area (Å²) < 4.78 is 5.00. The van der Waals surface area contributed by atoms with E-state index >= 15 is 0 Å². The Bertz CT molecular complexity index is 446. The van der Waals surface area contributed by atoms with Crippen LogP contribution in [0.1, 0.15) is 41.6 Å². The molecule has 2 rings (SSSR count). The van der Waals surface area contributed by atoms with Gasteiger partial charge in [0.1, 0.15) is 0 Å². The summed E-state index contributed by atoms with van der Waals surface area (Å²) in [7, 11) is 1.72. The van der Waals surface area contributed by atoms with Gasteiger partial charge in [0.25, 0.3) is 5.91 Å². The third-order valence-electron chi connectivity index (χ3n) is 3.62. The van der Waals surface area contributed by atoms with Crippen molar-refractivity contribution in [1.82, 2.24) is 5.32 Å². The molecule has 4 heteroatoms. The number of benzene rings is 1. The van der Waals surface area contributed by atoms with Gasteiger partial charge in [-0.3, -0.25) is 4.79 Å². The predicted octanol–water partition coefficient (Wildman–Crippen LogP) is 2.59. The summed E-state index contributed by atoms with van der Waals surface area (Å²) in [5.41, 5.74) is 3.20. The van der Waals surface area contributed by atoms with Gasteiger partial charge in [0, 0.05) is 38.1 Å². The zero-order chi connectivity index (χ0) is 14.2. The number of hydrogen-bond acceptors (Lipinski definition) is 3. The highest BCUT2D eigenvalue weighted by Gasteiger charge is 2.11. The summed E-state index contributed by atoms with van der Waals surface area (Å²) in [6.45, 7) is 2.56. The van der Waals surface area contributed by atoms with Crippen molar-refractivity contribution in [2.75, 3.05) is 32.1 Å². The van der Waals surface area contributed by atoms with E-state index in [-0.39, 0.29) is 5.91 Å². The van der Waals surface area contributed by atoms with E-state index < -0.39 is 0 Å². The zero-order valence-corrected chi connectivity index (χ0v) is 12.2. The van der Waals surface area contributed by atoms with Crippen LogP contribution < -0.4 is 10.6 Å². The van der Waals surface area contributed by atoms with E-state index in [9.17, 15) is 4.79 Å².